The van der Waals surface area contributed by atoms with Crippen LogP contribution in [0.4, 0.5) is 30.7 Å². The van der Waals surface area contributed by atoms with Crippen LogP contribution in [-0.2, 0) is 15.8 Å². The van der Waals surface area contributed by atoms with Crippen LogP contribution in [-0.4, -0.2) is 52.0 Å². The minimum atomic E-state index is -4.93. The van der Waals surface area contributed by atoms with Gasteiger partial charge in [0.2, 0.25) is 5.91 Å². The second-order valence-corrected chi connectivity index (χ2v) is 15.6. The summed E-state index contributed by atoms with van der Waals surface area (Å²) in [6.45, 7) is 10.8. The zero-order valence-corrected chi connectivity index (χ0v) is 32.1. The van der Waals surface area contributed by atoms with Gasteiger partial charge in [-0.25, -0.2) is 17.6 Å². The maximum Gasteiger partial charge on any atom is 0.416 e. The van der Waals surface area contributed by atoms with Crippen molar-refractivity contribution in [3.63, 3.8) is 0 Å². The highest BCUT2D eigenvalue weighted by molar-refractivity contribution is 5.82. The number of benzene rings is 2. The largest absolute Gasteiger partial charge is 0.481 e. The molecule has 7 nitrogen and oxygen atoms in total. The van der Waals surface area contributed by atoms with Gasteiger partial charge in [0.15, 0.2) is 0 Å². The van der Waals surface area contributed by atoms with Crippen molar-refractivity contribution in [1.29, 1.82) is 0 Å². The zero-order valence-electron chi connectivity index (χ0n) is 32.1. The number of halogens is 7. The van der Waals surface area contributed by atoms with E-state index in [-0.39, 0.29) is 67.9 Å². The highest BCUT2D eigenvalue weighted by Gasteiger charge is 2.57. The molecule has 56 heavy (non-hydrogen) atoms. The van der Waals surface area contributed by atoms with Crippen LogP contribution in [0.2, 0.25) is 0 Å². The van der Waals surface area contributed by atoms with Crippen molar-refractivity contribution in [2.75, 3.05) is 19.6 Å². The van der Waals surface area contributed by atoms with Crippen LogP contribution >= 0.6 is 0 Å². The number of alkyl halides is 5. The molecule has 2 N–H and O–H groups in total. The van der Waals surface area contributed by atoms with Crippen LogP contribution in [0.15, 0.2) is 35.3 Å². The number of nitrogens with zero attached hydrogens (tertiary/aromatic N) is 2. The van der Waals surface area contributed by atoms with Gasteiger partial charge >= 0.3 is 12.1 Å². The van der Waals surface area contributed by atoms with E-state index >= 15 is 8.78 Å². The molecule has 0 spiro atoms. The third-order valence-corrected chi connectivity index (χ3v) is 10.7. The number of carbonyl (C=O) groups is 2. The minimum Gasteiger partial charge on any atom is -0.481 e. The molecule has 2 heterocycles. The monoisotopic (exact) mass is 789 g/mol. The van der Waals surface area contributed by atoms with Crippen LogP contribution in [0.5, 0.6) is 0 Å². The highest BCUT2D eigenvalue weighted by atomic mass is 19.4. The number of pyridine rings is 1. The first-order valence-electron chi connectivity index (χ1n) is 18.6. The summed E-state index contributed by atoms with van der Waals surface area (Å²) in [5.41, 5.74) is -1.05. The Morgan fingerprint density at radius 3 is 2.14 bits per heavy atom. The number of carboxylic acids is 1. The van der Waals surface area contributed by atoms with E-state index in [0.29, 0.717) is 22.8 Å². The maximum absolute atomic E-state index is 16.8. The normalized spacial score (nSPS) is 18.3. The summed E-state index contributed by atoms with van der Waals surface area (Å²) < 4.78 is 104. The zero-order chi connectivity index (χ0) is 41.4. The molecule has 14 heteroatoms. The fourth-order valence-electron chi connectivity index (χ4n) is 8.02. The molecule has 3 aromatic rings. The Balaban J connectivity index is 1.57. The lowest BCUT2D eigenvalue weighted by atomic mass is 9.87. The van der Waals surface area contributed by atoms with Crippen molar-refractivity contribution in [3.8, 4) is 23.0 Å². The van der Waals surface area contributed by atoms with Crippen LogP contribution in [0, 0.1) is 56.1 Å². The Labute approximate surface area is 321 Å². The van der Waals surface area contributed by atoms with E-state index in [1.54, 1.807) is 44.7 Å². The summed E-state index contributed by atoms with van der Waals surface area (Å²) in [5.74, 6) is -4.30. The van der Waals surface area contributed by atoms with Crippen molar-refractivity contribution >= 4 is 11.9 Å². The van der Waals surface area contributed by atoms with Gasteiger partial charge in [0.1, 0.15) is 17.7 Å². The Morgan fingerprint density at radius 2 is 1.62 bits per heavy atom. The number of carbonyl (C=O) groups excluding carboxylic acids is 1. The third-order valence-electron chi connectivity index (χ3n) is 10.7. The number of piperidine rings is 1. The van der Waals surface area contributed by atoms with Gasteiger partial charge < -0.3 is 19.9 Å². The van der Waals surface area contributed by atoms with Crippen molar-refractivity contribution in [1.82, 2.24) is 14.8 Å². The number of aromatic nitrogens is 1. The first-order valence-corrected chi connectivity index (χ1v) is 18.6. The standard InChI is InChI=1S/C42H46F7N3O4/c1-7-8-27-16-29(36-24(5)14-23(4)15-25(36)6)39(44)37(38(27)43)32(18-35(54)55)50-40(56)33(13-22(2)3)52-21-30(31(17-34(52)53)42(47,48)49)26-9-11-51(12-10-26)20-28-19-41(28,45)46/h14-17,21-22,26,28,32-33H,9-13,18-20H2,1-6H3,(H,50,56)(H,54,55)/t28-,32+,33-/m1/s1. The molecule has 2 fully saturated rings. The summed E-state index contributed by atoms with van der Waals surface area (Å²) in [7, 11) is 0. The molecule has 1 amide bonds. The average molecular weight is 790 g/mol. The van der Waals surface area contributed by atoms with Crippen LogP contribution in [0.1, 0.15) is 110 Å². The van der Waals surface area contributed by atoms with Crippen LogP contribution in [0.25, 0.3) is 11.1 Å². The van der Waals surface area contributed by atoms with Gasteiger partial charge in [-0.1, -0.05) is 37.5 Å². The lowest BCUT2D eigenvalue weighted by Gasteiger charge is -2.34. The molecule has 2 aliphatic rings. The Bertz CT molecular complexity index is 2100. The topological polar surface area (TPSA) is 91.6 Å². The van der Waals surface area contributed by atoms with Crippen molar-refractivity contribution in [3.05, 3.63) is 91.4 Å². The van der Waals surface area contributed by atoms with Gasteiger partial charge in [-0.3, -0.25) is 14.4 Å². The van der Waals surface area contributed by atoms with E-state index in [9.17, 15) is 41.4 Å². The predicted octanol–water partition coefficient (Wildman–Crippen LogP) is 8.86. The number of nitrogens with one attached hydrogen (secondary N) is 1. The Hall–Kier alpha value is -4.64. The molecule has 1 aromatic heterocycles. The Morgan fingerprint density at radius 1 is 1.02 bits per heavy atom. The van der Waals surface area contributed by atoms with E-state index in [1.807, 2.05) is 6.92 Å². The van der Waals surface area contributed by atoms with E-state index in [0.717, 1.165) is 16.3 Å². The second-order valence-electron chi connectivity index (χ2n) is 15.6. The molecular formula is C42H46F7N3O4. The van der Waals surface area contributed by atoms with Gasteiger partial charge in [-0.05, 0) is 100 Å². The number of aryl methyl sites for hydroxylation is 3. The molecule has 0 radical (unpaired) electrons. The van der Waals surface area contributed by atoms with E-state index in [1.165, 1.54) is 13.0 Å². The fraction of sp³-hybridized carbons (Fsp3) is 0.500. The quantitative estimate of drug-likeness (QED) is 0.141. The average Bonchev–Trinajstić information content (AvgIpc) is 3.69. The molecule has 1 aliphatic carbocycles. The SMILES string of the molecule is CC#Cc1cc(-c2c(C)cc(C)cc2C)c(F)c([C@H](CC(=O)O)NC(=O)[C@@H](CC(C)C)n2cc(C3CCN(C[C@H]4CC4(F)F)CC3)c(C(F)(F)F)cc2=O)c1F. The first kappa shape index (κ1) is 42.5. The number of hydrogen-bond acceptors (Lipinski definition) is 4. The van der Waals surface area contributed by atoms with E-state index in [4.69, 9.17) is 0 Å². The van der Waals surface area contributed by atoms with Gasteiger partial charge in [-0.2, -0.15) is 13.2 Å². The summed E-state index contributed by atoms with van der Waals surface area (Å²) >= 11 is 0. The van der Waals surface area contributed by atoms with Crippen LogP contribution < -0.4 is 10.9 Å². The fourth-order valence-corrected chi connectivity index (χ4v) is 8.02. The molecule has 1 saturated carbocycles. The number of amides is 1. The van der Waals surface area contributed by atoms with Gasteiger partial charge in [0.05, 0.1) is 23.6 Å². The lowest BCUT2D eigenvalue weighted by molar-refractivity contribution is -0.139. The Kier molecular flexibility index (Phi) is 12.5. The summed E-state index contributed by atoms with van der Waals surface area (Å²) in [4.78, 5) is 41.8. The molecule has 302 valence electrons. The van der Waals surface area contributed by atoms with Gasteiger partial charge in [-0.15, -0.1) is 5.92 Å². The number of aliphatic carboxylic acids is 1. The predicted molar refractivity (Wildman–Crippen MR) is 197 cm³/mol. The van der Waals surface area contributed by atoms with Crippen LogP contribution in [0.3, 0.4) is 0 Å². The summed E-state index contributed by atoms with van der Waals surface area (Å²) in [6.07, 6.45) is -4.90. The molecule has 1 aliphatic heterocycles. The minimum absolute atomic E-state index is 0.0713. The molecule has 3 atom stereocenters. The second kappa shape index (κ2) is 16.5. The van der Waals surface area contributed by atoms with Gasteiger partial charge in [0.25, 0.3) is 11.5 Å². The molecule has 1 saturated heterocycles. The third kappa shape index (κ3) is 9.31. The number of rotatable bonds is 12. The van der Waals surface area contributed by atoms with E-state index < -0.39 is 82.6 Å². The summed E-state index contributed by atoms with van der Waals surface area (Å²) in [5, 5.41) is 12.4. The van der Waals surface area contributed by atoms with Crippen molar-refractivity contribution in [2.45, 2.75) is 104 Å². The molecule has 0 bridgehead atoms. The smallest absolute Gasteiger partial charge is 0.416 e. The molecular weight excluding hydrogens is 743 g/mol. The van der Waals surface area contributed by atoms with Crippen molar-refractivity contribution in [2.24, 2.45) is 11.8 Å². The number of likely N-dealkylation sites (tertiary alicyclic amines) is 1. The van der Waals surface area contributed by atoms with E-state index in [2.05, 4.69) is 17.2 Å². The molecule has 5 rings (SSSR count). The first-order chi connectivity index (χ1) is 26.1. The highest BCUT2D eigenvalue weighted by Crippen LogP contribution is 2.49. The molecule has 0 unspecified atom stereocenters. The van der Waals surface area contributed by atoms with Crippen molar-refractivity contribution < 1.29 is 45.4 Å². The van der Waals surface area contributed by atoms with Gasteiger partial charge in [0, 0.05) is 42.3 Å². The summed E-state index contributed by atoms with van der Waals surface area (Å²) in [6, 6.07) is 1.92. The maximum atomic E-state index is 16.8. The number of carboxylic acid groups (broad SMARTS) is 1. The lowest BCUT2D eigenvalue weighted by Crippen LogP contribution is -2.41. The molecule has 2 aromatic carbocycles. The number of hydrogen-bond donors (Lipinski definition) is 2.